The fraction of sp³-hybridized carbons (Fsp3) is 0. The molecular formula is C16H12O8. The molecule has 0 radical (unpaired) electrons. The van der Waals surface area contributed by atoms with Gasteiger partial charge in [0.2, 0.25) is 0 Å². The molecule has 0 unspecified atom stereocenters. The lowest BCUT2D eigenvalue weighted by Gasteiger charge is -2.08. The van der Waals surface area contributed by atoms with E-state index in [1.807, 2.05) is 0 Å². The van der Waals surface area contributed by atoms with E-state index in [9.17, 15) is 30.0 Å². The van der Waals surface area contributed by atoms with Crippen molar-refractivity contribution in [2.45, 2.75) is 0 Å². The molecule has 2 aromatic rings. The number of esters is 1. The average Bonchev–Trinajstić information content (AvgIpc) is 2.52. The predicted molar refractivity (Wildman–Crippen MR) is 81.2 cm³/mol. The number of carboxylic acids is 1. The maximum atomic E-state index is 12.0. The first kappa shape index (κ1) is 16.7. The second-order valence-electron chi connectivity index (χ2n) is 4.65. The van der Waals surface area contributed by atoms with Crippen molar-refractivity contribution in [2.75, 3.05) is 0 Å². The van der Waals surface area contributed by atoms with Crippen LogP contribution in [0.1, 0.15) is 15.9 Å². The first-order chi connectivity index (χ1) is 11.3. The van der Waals surface area contributed by atoms with Gasteiger partial charge in [-0.3, -0.25) is 0 Å². The summed E-state index contributed by atoms with van der Waals surface area (Å²) < 4.78 is 4.93. The van der Waals surface area contributed by atoms with Crippen LogP contribution in [0, 0.1) is 0 Å². The molecule has 0 heterocycles. The van der Waals surface area contributed by atoms with Crippen LogP contribution in [0.2, 0.25) is 0 Å². The maximum absolute atomic E-state index is 12.0. The van der Waals surface area contributed by atoms with Gasteiger partial charge in [-0.2, -0.15) is 0 Å². The molecule has 0 spiro atoms. The standard InChI is InChI=1S/C16H12O8/c17-10-5-8(2-4-14(20)21)1-3-13(10)24-16(23)9-6-11(18)15(22)12(19)7-9/h1-7,17-19,22H,(H,20,21)/b4-2+. The van der Waals surface area contributed by atoms with E-state index in [1.54, 1.807) is 0 Å². The Morgan fingerprint density at radius 2 is 1.54 bits per heavy atom. The van der Waals surface area contributed by atoms with Crippen molar-refractivity contribution in [1.29, 1.82) is 0 Å². The summed E-state index contributed by atoms with van der Waals surface area (Å²) in [5.41, 5.74) is 0.117. The van der Waals surface area contributed by atoms with Crippen LogP contribution in [0.5, 0.6) is 28.7 Å². The molecule has 2 aromatic carbocycles. The Hall–Kier alpha value is -3.68. The Kier molecular flexibility index (Phi) is 4.60. The second kappa shape index (κ2) is 6.61. The lowest BCUT2D eigenvalue weighted by atomic mass is 10.1. The van der Waals surface area contributed by atoms with Crippen molar-refractivity contribution in [3.63, 3.8) is 0 Å². The number of phenolic OH excluding ortho intramolecular Hbond substituents is 4. The molecule has 0 aliphatic carbocycles. The minimum absolute atomic E-state index is 0.209. The predicted octanol–water partition coefficient (Wildman–Crippen LogP) is 1.83. The van der Waals surface area contributed by atoms with Gasteiger partial charge in [-0.25, -0.2) is 9.59 Å². The van der Waals surface area contributed by atoms with Gasteiger partial charge in [0.15, 0.2) is 28.7 Å². The summed E-state index contributed by atoms with van der Waals surface area (Å²) in [6.45, 7) is 0. The molecule has 0 aliphatic heterocycles. The molecule has 0 fully saturated rings. The Morgan fingerprint density at radius 3 is 2.08 bits per heavy atom. The third-order valence-electron chi connectivity index (χ3n) is 2.91. The lowest BCUT2D eigenvalue weighted by molar-refractivity contribution is -0.131. The van der Waals surface area contributed by atoms with Crippen LogP contribution in [0.25, 0.3) is 6.08 Å². The van der Waals surface area contributed by atoms with Crippen LogP contribution in [0.3, 0.4) is 0 Å². The van der Waals surface area contributed by atoms with Crippen LogP contribution >= 0.6 is 0 Å². The van der Waals surface area contributed by atoms with Crippen molar-refractivity contribution in [2.24, 2.45) is 0 Å². The highest BCUT2D eigenvalue weighted by molar-refractivity contribution is 5.93. The number of hydrogen-bond donors (Lipinski definition) is 5. The van der Waals surface area contributed by atoms with E-state index in [2.05, 4.69) is 0 Å². The van der Waals surface area contributed by atoms with Crippen LogP contribution < -0.4 is 4.74 Å². The molecule has 8 heteroatoms. The minimum Gasteiger partial charge on any atom is -0.504 e. The van der Waals surface area contributed by atoms with Crippen molar-refractivity contribution >= 4 is 18.0 Å². The highest BCUT2D eigenvalue weighted by atomic mass is 16.5. The zero-order valence-electron chi connectivity index (χ0n) is 12.0. The minimum atomic E-state index is -1.16. The number of rotatable bonds is 4. The molecule has 5 N–H and O–H groups in total. The Morgan fingerprint density at radius 1 is 0.917 bits per heavy atom. The number of aliphatic carboxylic acids is 1. The molecule has 124 valence electrons. The SMILES string of the molecule is O=C(O)/C=C/c1ccc(OC(=O)c2cc(O)c(O)c(O)c2)c(O)c1. The first-order valence-electron chi connectivity index (χ1n) is 6.49. The molecule has 0 aliphatic rings. The molecule has 0 saturated heterocycles. The summed E-state index contributed by atoms with van der Waals surface area (Å²) in [7, 11) is 0. The molecule has 0 atom stereocenters. The van der Waals surface area contributed by atoms with Crippen molar-refractivity contribution in [1.82, 2.24) is 0 Å². The van der Waals surface area contributed by atoms with Gasteiger partial charge in [-0.15, -0.1) is 0 Å². The topological polar surface area (TPSA) is 145 Å². The molecule has 0 saturated carbocycles. The molecule has 2 rings (SSSR count). The van der Waals surface area contributed by atoms with Crippen LogP contribution in [-0.2, 0) is 4.79 Å². The van der Waals surface area contributed by atoms with E-state index in [1.165, 1.54) is 24.3 Å². The van der Waals surface area contributed by atoms with Gasteiger partial charge < -0.3 is 30.3 Å². The van der Waals surface area contributed by atoms with Gasteiger partial charge >= 0.3 is 11.9 Å². The number of hydrogen-bond acceptors (Lipinski definition) is 7. The van der Waals surface area contributed by atoms with Gasteiger partial charge in [-0.05, 0) is 35.9 Å². The number of phenols is 4. The zero-order valence-corrected chi connectivity index (χ0v) is 12.0. The number of carbonyl (C=O) groups excluding carboxylic acids is 1. The van der Waals surface area contributed by atoms with Crippen LogP contribution in [-0.4, -0.2) is 37.5 Å². The Labute approximate surface area is 135 Å². The van der Waals surface area contributed by atoms with E-state index in [4.69, 9.17) is 9.84 Å². The van der Waals surface area contributed by atoms with E-state index in [0.29, 0.717) is 5.56 Å². The Balaban J connectivity index is 2.22. The third kappa shape index (κ3) is 3.74. The number of aromatic hydroxyl groups is 4. The van der Waals surface area contributed by atoms with E-state index < -0.39 is 34.9 Å². The van der Waals surface area contributed by atoms with E-state index in [0.717, 1.165) is 18.2 Å². The monoisotopic (exact) mass is 332 g/mol. The van der Waals surface area contributed by atoms with Crippen molar-refractivity contribution < 1.29 is 39.9 Å². The summed E-state index contributed by atoms with van der Waals surface area (Å²) >= 11 is 0. The summed E-state index contributed by atoms with van der Waals surface area (Å²) in [5.74, 6) is -4.96. The normalized spacial score (nSPS) is 10.7. The van der Waals surface area contributed by atoms with E-state index >= 15 is 0 Å². The highest BCUT2D eigenvalue weighted by Crippen LogP contribution is 2.36. The molecule has 8 nitrogen and oxygen atoms in total. The fourth-order valence-electron chi connectivity index (χ4n) is 1.77. The zero-order chi connectivity index (χ0) is 17.9. The highest BCUT2D eigenvalue weighted by Gasteiger charge is 2.16. The lowest BCUT2D eigenvalue weighted by Crippen LogP contribution is -2.08. The van der Waals surface area contributed by atoms with Gasteiger partial charge in [0.1, 0.15) is 0 Å². The van der Waals surface area contributed by atoms with Gasteiger partial charge in [-0.1, -0.05) is 6.07 Å². The number of carbonyl (C=O) groups is 2. The van der Waals surface area contributed by atoms with Crippen molar-refractivity contribution in [3.8, 4) is 28.7 Å². The second-order valence-corrected chi connectivity index (χ2v) is 4.65. The molecular weight excluding hydrogens is 320 g/mol. The number of benzene rings is 2. The third-order valence-corrected chi connectivity index (χ3v) is 2.91. The summed E-state index contributed by atoms with van der Waals surface area (Å²) in [4.78, 5) is 22.4. The fourth-order valence-corrected chi connectivity index (χ4v) is 1.77. The number of carboxylic acid groups (broad SMARTS) is 1. The smallest absolute Gasteiger partial charge is 0.343 e. The van der Waals surface area contributed by atoms with Gasteiger partial charge in [0.05, 0.1) is 5.56 Å². The van der Waals surface area contributed by atoms with Crippen LogP contribution in [0.4, 0.5) is 0 Å². The summed E-state index contributed by atoms with van der Waals surface area (Å²) in [5, 5.41) is 46.3. The van der Waals surface area contributed by atoms with Crippen LogP contribution in [0.15, 0.2) is 36.4 Å². The quantitative estimate of drug-likeness (QED) is 0.247. The summed E-state index contributed by atoms with van der Waals surface area (Å²) in [6.07, 6.45) is 2.12. The summed E-state index contributed by atoms with van der Waals surface area (Å²) in [6, 6.07) is 5.62. The van der Waals surface area contributed by atoms with Gasteiger partial charge in [0.25, 0.3) is 0 Å². The maximum Gasteiger partial charge on any atom is 0.343 e. The number of ether oxygens (including phenoxy) is 1. The molecule has 0 aromatic heterocycles. The molecule has 0 bridgehead atoms. The molecule has 24 heavy (non-hydrogen) atoms. The average molecular weight is 332 g/mol. The largest absolute Gasteiger partial charge is 0.504 e. The molecule has 0 amide bonds. The first-order valence-corrected chi connectivity index (χ1v) is 6.49. The Bertz CT molecular complexity index is 815. The van der Waals surface area contributed by atoms with Crippen molar-refractivity contribution in [3.05, 3.63) is 47.5 Å². The van der Waals surface area contributed by atoms with E-state index in [-0.39, 0.29) is 11.3 Å². The van der Waals surface area contributed by atoms with Gasteiger partial charge in [0, 0.05) is 6.08 Å².